The summed E-state index contributed by atoms with van der Waals surface area (Å²) in [5.74, 6) is 0.763. The van der Waals surface area contributed by atoms with Gasteiger partial charge in [-0.2, -0.15) is 5.26 Å². The average molecular weight is 694 g/mol. The lowest BCUT2D eigenvalue weighted by molar-refractivity contribution is -0.121. The van der Waals surface area contributed by atoms with Gasteiger partial charge in [0.25, 0.3) is 0 Å². The predicted molar refractivity (Wildman–Crippen MR) is 198 cm³/mol. The van der Waals surface area contributed by atoms with E-state index >= 15 is 0 Å². The molecule has 0 saturated carbocycles. The number of nitrogens with two attached hydrogens (primary N) is 1. The number of likely N-dealkylation sites (tertiary alicyclic amines) is 1. The molecule has 13 nitrogen and oxygen atoms in total. The first-order valence-electron chi connectivity index (χ1n) is 17.0. The number of rotatable bonds is 10. The lowest BCUT2D eigenvalue weighted by Gasteiger charge is -2.36. The second-order valence-corrected chi connectivity index (χ2v) is 11.0. The zero-order valence-electron chi connectivity index (χ0n) is 29.8. The first kappa shape index (κ1) is 41.5. The van der Waals surface area contributed by atoms with Crippen molar-refractivity contribution in [3.8, 4) is 11.8 Å². The number of hydrogen-bond acceptors (Lipinski definition) is 9. The number of methoxy groups -OCH3 is 1. The fourth-order valence-electron chi connectivity index (χ4n) is 5.28. The lowest BCUT2D eigenvalue weighted by atomic mass is 10.1. The molecule has 3 saturated heterocycles. The highest BCUT2D eigenvalue weighted by molar-refractivity contribution is 6.05. The number of carbonyl (C=O) groups excluding carboxylic acids is 2. The Morgan fingerprint density at radius 2 is 1.86 bits per heavy atom. The number of nitriles is 1. The maximum absolute atomic E-state index is 14.4. The topological polar surface area (TPSA) is 161 Å². The van der Waals surface area contributed by atoms with Crippen molar-refractivity contribution >= 4 is 42.6 Å². The molecule has 0 radical (unpaired) electrons. The average Bonchev–Trinajstić information content (AvgIpc) is 3.66. The summed E-state index contributed by atoms with van der Waals surface area (Å²) in [5.41, 5.74) is 7.18. The van der Waals surface area contributed by atoms with E-state index in [1.807, 2.05) is 26.0 Å². The fraction of sp³-hybridized carbons (Fsp3) is 0.500. The van der Waals surface area contributed by atoms with Crippen molar-refractivity contribution in [2.24, 2.45) is 20.7 Å². The summed E-state index contributed by atoms with van der Waals surface area (Å²) in [6, 6.07) is 14.9. The molecule has 14 heteroatoms. The molecule has 0 aromatic heterocycles. The maximum atomic E-state index is 14.4. The van der Waals surface area contributed by atoms with Gasteiger partial charge in [0.2, 0.25) is 12.3 Å². The number of anilines is 1. The molecular formula is C36H52FN9O4. The normalized spacial score (nSPS) is 19.1. The molecule has 0 aliphatic carbocycles. The standard InChI is InChI=1S/C29H34FN7O3.C4H7NO.C2H6.CH5N/c1-32-29(22-3-8-27(23(17-22)18-31)40-28-9-10-36(21-38)19-26(28)30)34-20-33-24-4-6-25(7-5-24)37-13-11-35(12-14-37)15-16-39-2;6-4-2-1-3-5-4;2*1-2/h3-8,17,20-21,26,28H,1,9-16,19H2,2H3;1-3H2,(H,5,6);1-2H3;2H2,1H3/t26-,28?;;;/m1.../s1. The molecule has 5 rings (SSSR count). The van der Waals surface area contributed by atoms with Gasteiger partial charge >= 0.3 is 0 Å². The molecule has 272 valence electrons. The Balaban J connectivity index is 0.000000761. The first-order chi connectivity index (χ1) is 24.4. The Morgan fingerprint density at radius 1 is 1.14 bits per heavy atom. The number of hydrogen-bond donors (Lipinski definition) is 2. The van der Waals surface area contributed by atoms with Crippen molar-refractivity contribution in [3.63, 3.8) is 0 Å². The van der Waals surface area contributed by atoms with E-state index < -0.39 is 12.3 Å². The van der Waals surface area contributed by atoms with Gasteiger partial charge in [0.1, 0.15) is 24.3 Å². The zero-order valence-corrected chi connectivity index (χ0v) is 29.8. The number of benzene rings is 2. The molecular weight excluding hydrogens is 641 g/mol. The van der Waals surface area contributed by atoms with Crippen LogP contribution in [0.15, 0.2) is 57.4 Å². The molecule has 2 amide bonds. The Bertz CT molecular complexity index is 1420. The van der Waals surface area contributed by atoms with Crippen LogP contribution in [0.3, 0.4) is 0 Å². The van der Waals surface area contributed by atoms with Crippen LogP contribution in [-0.2, 0) is 14.3 Å². The molecule has 3 fully saturated rings. The smallest absolute Gasteiger partial charge is 0.220 e. The number of amides is 2. The van der Waals surface area contributed by atoms with Gasteiger partial charge < -0.3 is 30.3 Å². The van der Waals surface area contributed by atoms with Crippen LogP contribution < -0.4 is 20.7 Å². The summed E-state index contributed by atoms with van der Waals surface area (Å²) >= 11 is 0. The minimum Gasteiger partial charge on any atom is -0.486 e. The number of aliphatic imine (C=N–C) groups is 3. The van der Waals surface area contributed by atoms with Crippen molar-refractivity contribution in [2.45, 2.75) is 45.4 Å². The van der Waals surface area contributed by atoms with Crippen LogP contribution in [0.1, 0.15) is 44.2 Å². The van der Waals surface area contributed by atoms with Crippen LogP contribution in [-0.4, -0.2) is 126 Å². The Kier molecular flexibility index (Phi) is 19.6. The summed E-state index contributed by atoms with van der Waals surface area (Å²) in [6.45, 7) is 14.5. The number of piperazine rings is 1. The van der Waals surface area contributed by atoms with E-state index in [4.69, 9.17) is 9.47 Å². The fourth-order valence-corrected chi connectivity index (χ4v) is 5.28. The van der Waals surface area contributed by atoms with Crippen molar-refractivity contribution in [1.29, 1.82) is 5.26 Å². The Labute approximate surface area is 295 Å². The summed E-state index contributed by atoms with van der Waals surface area (Å²) in [6.07, 6.45) is 2.07. The van der Waals surface area contributed by atoms with Gasteiger partial charge in [-0.25, -0.2) is 19.4 Å². The SMILES string of the molecule is C=NC(=NC=Nc1ccc(N2CCN(CCOC)CC2)cc1)c1ccc(OC2CCN(C=O)C[C@H]2F)c(C#N)c1.CC.CN.O=C1CCCN1. The number of halogens is 1. The second-order valence-electron chi connectivity index (χ2n) is 11.0. The molecule has 2 aromatic carbocycles. The van der Waals surface area contributed by atoms with Crippen LogP contribution in [0, 0.1) is 11.3 Å². The Hall–Kier alpha value is -4.71. The molecule has 3 N–H and O–H groups in total. The quantitative estimate of drug-likeness (QED) is 0.217. The van der Waals surface area contributed by atoms with Crippen LogP contribution >= 0.6 is 0 Å². The number of carbonyl (C=O) groups is 2. The number of amidine groups is 1. The maximum Gasteiger partial charge on any atom is 0.220 e. The van der Waals surface area contributed by atoms with Crippen molar-refractivity contribution in [1.82, 2.24) is 15.1 Å². The van der Waals surface area contributed by atoms with Crippen LogP contribution in [0.25, 0.3) is 0 Å². The number of nitrogens with one attached hydrogen (secondary N) is 1. The van der Waals surface area contributed by atoms with Gasteiger partial charge in [-0.05, 0) is 62.7 Å². The highest BCUT2D eigenvalue weighted by atomic mass is 19.1. The van der Waals surface area contributed by atoms with Crippen molar-refractivity contribution in [3.05, 3.63) is 53.6 Å². The summed E-state index contributed by atoms with van der Waals surface area (Å²) in [4.78, 5) is 39.9. The van der Waals surface area contributed by atoms with Gasteiger partial charge in [-0.15, -0.1) is 0 Å². The van der Waals surface area contributed by atoms with Crippen LogP contribution in [0.2, 0.25) is 0 Å². The molecule has 1 unspecified atom stereocenters. The third kappa shape index (κ3) is 13.3. The van der Waals surface area contributed by atoms with Gasteiger partial charge in [0, 0.05) is 77.0 Å². The molecule has 3 aliphatic rings. The van der Waals surface area contributed by atoms with Gasteiger partial charge in [-0.3, -0.25) is 14.5 Å². The number of ether oxygens (including phenoxy) is 2. The molecule has 2 atom stereocenters. The number of alkyl halides is 1. The van der Waals surface area contributed by atoms with E-state index in [1.165, 1.54) is 18.3 Å². The van der Waals surface area contributed by atoms with Crippen LogP contribution in [0.4, 0.5) is 15.8 Å². The monoisotopic (exact) mass is 693 g/mol. The van der Waals surface area contributed by atoms with E-state index in [0.717, 1.165) is 70.1 Å². The lowest BCUT2D eigenvalue weighted by Crippen LogP contribution is -2.47. The van der Waals surface area contributed by atoms with Gasteiger partial charge in [-0.1, -0.05) is 13.8 Å². The van der Waals surface area contributed by atoms with E-state index in [-0.39, 0.29) is 29.6 Å². The highest BCUT2D eigenvalue weighted by Crippen LogP contribution is 2.26. The summed E-state index contributed by atoms with van der Waals surface area (Å²) < 4.78 is 25.4. The molecule has 50 heavy (non-hydrogen) atoms. The van der Waals surface area contributed by atoms with Crippen molar-refractivity contribution < 1.29 is 23.5 Å². The molecule has 0 spiro atoms. The van der Waals surface area contributed by atoms with E-state index in [1.54, 1.807) is 25.3 Å². The second kappa shape index (κ2) is 23.6. The van der Waals surface area contributed by atoms with Gasteiger partial charge in [0.05, 0.1) is 24.4 Å². The number of nitrogens with zero attached hydrogens (tertiary/aromatic N) is 7. The third-order valence-electron chi connectivity index (χ3n) is 7.94. The molecule has 3 aliphatic heterocycles. The Morgan fingerprint density at radius 3 is 2.40 bits per heavy atom. The summed E-state index contributed by atoms with van der Waals surface area (Å²) in [5, 5.41) is 12.3. The minimum absolute atomic E-state index is 0.0281. The molecule has 0 bridgehead atoms. The molecule has 3 heterocycles. The van der Waals surface area contributed by atoms with E-state index in [9.17, 15) is 19.2 Å². The summed E-state index contributed by atoms with van der Waals surface area (Å²) in [7, 11) is 3.23. The van der Waals surface area contributed by atoms with E-state index in [2.05, 4.69) is 60.7 Å². The number of piperidine rings is 1. The van der Waals surface area contributed by atoms with Crippen LogP contribution in [0.5, 0.6) is 5.75 Å². The van der Waals surface area contributed by atoms with Crippen molar-refractivity contribution in [2.75, 3.05) is 78.0 Å². The van der Waals surface area contributed by atoms with E-state index in [0.29, 0.717) is 24.9 Å². The highest BCUT2D eigenvalue weighted by Gasteiger charge is 2.31. The largest absolute Gasteiger partial charge is 0.486 e. The predicted octanol–water partition coefficient (Wildman–Crippen LogP) is 3.58. The minimum atomic E-state index is -1.33. The van der Waals surface area contributed by atoms with Gasteiger partial charge in [0.15, 0.2) is 12.0 Å². The zero-order chi connectivity index (χ0) is 36.7. The third-order valence-corrected chi connectivity index (χ3v) is 7.94. The first-order valence-corrected chi connectivity index (χ1v) is 17.0. The molecule has 2 aromatic rings.